The molecular weight excluding hydrogens is 238 g/mol. The van der Waals surface area contributed by atoms with E-state index in [-0.39, 0.29) is 5.91 Å². The van der Waals surface area contributed by atoms with Gasteiger partial charge in [0.1, 0.15) is 0 Å². The Bertz CT molecular complexity index is 305. The molecule has 0 spiro atoms. The highest BCUT2D eigenvalue weighted by atomic mass is 16.2. The Balaban J connectivity index is 1.87. The molecule has 4 heteroatoms. The molecule has 0 radical (unpaired) electrons. The predicted octanol–water partition coefficient (Wildman–Crippen LogP) is 1.59. The molecule has 1 aliphatic heterocycles. The lowest BCUT2D eigenvalue weighted by Crippen LogP contribution is -2.56. The van der Waals surface area contributed by atoms with Crippen LogP contribution in [0.2, 0.25) is 0 Å². The second kappa shape index (κ2) is 6.23. The third-order valence-corrected chi connectivity index (χ3v) is 4.89. The zero-order valence-electron chi connectivity index (χ0n) is 12.5. The Morgan fingerprint density at radius 2 is 1.89 bits per heavy atom. The van der Waals surface area contributed by atoms with Gasteiger partial charge in [-0.1, -0.05) is 19.8 Å². The number of hydrogen-bond acceptors (Lipinski definition) is 3. The zero-order chi connectivity index (χ0) is 13.9. The lowest BCUT2D eigenvalue weighted by atomic mass is 9.94. The monoisotopic (exact) mass is 267 g/mol. The summed E-state index contributed by atoms with van der Waals surface area (Å²) in [7, 11) is 1.95. The fourth-order valence-electron chi connectivity index (χ4n) is 3.58. The van der Waals surface area contributed by atoms with E-state index >= 15 is 0 Å². The van der Waals surface area contributed by atoms with Gasteiger partial charge in [0.15, 0.2) is 0 Å². The van der Waals surface area contributed by atoms with Gasteiger partial charge in [0, 0.05) is 26.2 Å². The van der Waals surface area contributed by atoms with Crippen molar-refractivity contribution in [3.05, 3.63) is 0 Å². The molecule has 110 valence electrons. The van der Waals surface area contributed by atoms with Crippen LogP contribution in [0.25, 0.3) is 0 Å². The number of likely N-dealkylation sites (N-methyl/N-ethyl adjacent to an activating group) is 1. The quantitative estimate of drug-likeness (QED) is 0.841. The van der Waals surface area contributed by atoms with Gasteiger partial charge in [-0.3, -0.25) is 4.79 Å². The first-order chi connectivity index (χ1) is 9.07. The minimum atomic E-state index is -0.560. The van der Waals surface area contributed by atoms with Crippen molar-refractivity contribution in [3.63, 3.8) is 0 Å². The van der Waals surface area contributed by atoms with E-state index in [0.29, 0.717) is 6.04 Å². The highest BCUT2D eigenvalue weighted by Gasteiger charge is 2.40. The molecule has 0 aromatic carbocycles. The van der Waals surface area contributed by atoms with Crippen molar-refractivity contribution in [1.29, 1.82) is 0 Å². The van der Waals surface area contributed by atoms with Gasteiger partial charge in [-0.15, -0.1) is 0 Å². The molecule has 0 atom stereocenters. The average Bonchev–Trinajstić information content (AvgIpc) is 2.86. The third-order valence-electron chi connectivity index (χ3n) is 4.89. The molecule has 4 nitrogen and oxygen atoms in total. The first-order valence-electron chi connectivity index (χ1n) is 7.85. The molecule has 1 saturated carbocycles. The number of nitrogens with two attached hydrogens (primary N) is 1. The number of piperidine rings is 1. The van der Waals surface area contributed by atoms with E-state index in [4.69, 9.17) is 5.73 Å². The van der Waals surface area contributed by atoms with E-state index in [1.807, 2.05) is 11.9 Å². The number of likely N-dealkylation sites (tertiary alicyclic amines) is 1. The van der Waals surface area contributed by atoms with Crippen molar-refractivity contribution in [3.8, 4) is 0 Å². The van der Waals surface area contributed by atoms with Crippen LogP contribution < -0.4 is 5.73 Å². The molecule has 2 N–H and O–H groups in total. The molecule has 1 amide bonds. The fraction of sp³-hybridized carbons (Fsp3) is 0.933. The minimum absolute atomic E-state index is 0.180. The molecule has 2 rings (SSSR count). The Hall–Kier alpha value is -0.610. The molecule has 1 saturated heterocycles. The molecule has 2 aliphatic rings. The van der Waals surface area contributed by atoms with Crippen molar-refractivity contribution >= 4 is 5.91 Å². The maximum absolute atomic E-state index is 12.6. The second-order valence-electron chi connectivity index (χ2n) is 6.35. The van der Waals surface area contributed by atoms with Gasteiger partial charge in [0.2, 0.25) is 5.91 Å². The third kappa shape index (κ3) is 3.29. The smallest absolute Gasteiger partial charge is 0.242 e. The van der Waals surface area contributed by atoms with Crippen LogP contribution in [0.15, 0.2) is 0 Å². The van der Waals surface area contributed by atoms with Crippen molar-refractivity contribution in [2.24, 2.45) is 5.73 Å². The summed E-state index contributed by atoms with van der Waals surface area (Å²) in [6.45, 7) is 5.65. The Labute approximate surface area is 117 Å². The van der Waals surface area contributed by atoms with Gasteiger partial charge in [0.05, 0.1) is 5.54 Å². The summed E-state index contributed by atoms with van der Waals surface area (Å²) >= 11 is 0. The van der Waals surface area contributed by atoms with Crippen LogP contribution in [0.3, 0.4) is 0 Å². The normalized spacial score (nSPS) is 24.6. The molecular formula is C15H29N3O. The van der Waals surface area contributed by atoms with Crippen molar-refractivity contribution < 1.29 is 4.79 Å². The maximum atomic E-state index is 12.6. The summed E-state index contributed by atoms with van der Waals surface area (Å²) in [6, 6.07) is 0.390. The molecule has 0 unspecified atom stereocenters. The van der Waals surface area contributed by atoms with Crippen molar-refractivity contribution in [2.75, 3.05) is 26.7 Å². The summed E-state index contributed by atoms with van der Waals surface area (Å²) in [5.74, 6) is 0.180. The zero-order valence-corrected chi connectivity index (χ0v) is 12.5. The van der Waals surface area contributed by atoms with E-state index in [1.54, 1.807) is 0 Å². The van der Waals surface area contributed by atoms with Crippen LogP contribution in [-0.2, 0) is 4.79 Å². The number of hydrogen-bond donors (Lipinski definition) is 1. The number of carbonyl (C=O) groups excluding carboxylic acids is 1. The number of rotatable bonds is 4. The van der Waals surface area contributed by atoms with Crippen LogP contribution in [0.1, 0.15) is 51.9 Å². The van der Waals surface area contributed by atoms with Gasteiger partial charge in [-0.2, -0.15) is 0 Å². The SMILES string of the molecule is CCCN1CCC(N(C)C(=O)C2(N)CCCC2)CC1. The molecule has 1 heterocycles. The molecule has 2 fully saturated rings. The first-order valence-corrected chi connectivity index (χ1v) is 7.85. The van der Waals surface area contributed by atoms with Gasteiger partial charge in [0.25, 0.3) is 0 Å². The lowest BCUT2D eigenvalue weighted by molar-refractivity contribution is -0.138. The number of amides is 1. The van der Waals surface area contributed by atoms with Gasteiger partial charge in [-0.25, -0.2) is 0 Å². The lowest BCUT2D eigenvalue weighted by Gasteiger charge is -2.39. The van der Waals surface area contributed by atoms with Crippen molar-refractivity contribution in [2.45, 2.75) is 63.5 Å². The minimum Gasteiger partial charge on any atom is -0.341 e. The summed E-state index contributed by atoms with van der Waals surface area (Å²) in [5.41, 5.74) is 5.72. The number of nitrogens with zero attached hydrogens (tertiary/aromatic N) is 2. The van der Waals surface area contributed by atoms with E-state index in [2.05, 4.69) is 11.8 Å². The van der Waals surface area contributed by atoms with Gasteiger partial charge in [-0.05, 0) is 38.6 Å². The van der Waals surface area contributed by atoms with E-state index < -0.39 is 5.54 Å². The largest absolute Gasteiger partial charge is 0.341 e. The fourth-order valence-corrected chi connectivity index (χ4v) is 3.58. The molecule has 0 bridgehead atoms. The highest BCUT2D eigenvalue weighted by Crippen LogP contribution is 2.30. The summed E-state index contributed by atoms with van der Waals surface area (Å²) in [6.07, 6.45) is 7.34. The van der Waals surface area contributed by atoms with Gasteiger partial charge < -0.3 is 15.5 Å². The molecule has 1 aliphatic carbocycles. The van der Waals surface area contributed by atoms with E-state index in [9.17, 15) is 4.79 Å². The topological polar surface area (TPSA) is 49.6 Å². The second-order valence-corrected chi connectivity index (χ2v) is 6.35. The molecule has 19 heavy (non-hydrogen) atoms. The molecule has 0 aromatic rings. The van der Waals surface area contributed by atoms with E-state index in [0.717, 1.165) is 51.6 Å². The van der Waals surface area contributed by atoms with Crippen LogP contribution in [0, 0.1) is 0 Å². The van der Waals surface area contributed by atoms with Crippen LogP contribution in [-0.4, -0.2) is 54.0 Å². The summed E-state index contributed by atoms with van der Waals surface area (Å²) in [5, 5.41) is 0. The first kappa shape index (κ1) is 14.8. The highest BCUT2D eigenvalue weighted by molar-refractivity contribution is 5.86. The van der Waals surface area contributed by atoms with Crippen LogP contribution in [0.5, 0.6) is 0 Å². The van der Waals surface area contributed by atoms with E-state index in [1.165, 1.54) is 13.0 Å². The maximum Gasteiger partial charge on any atom is 0.242 e. The number of carbonyl (C=O) groups is 1. The Morgan fingerprint density at radius 1 is 1.32 bits per heavy atom. The summed E-state index contributed by atoms with van der Waals surface area (Å²) < 4.78 is 0. The van der Waals surface area contributed by atoms with Crippen LogP contribution >= 0.6 is 0 Å². The average molecular weight is 267 g/mol. The Kier molecular flexibility index (Phi) is 4.85. The molecule has 0 aromatic heterocycles. The van der Waals surface area contributed by atoms with Crippen molar-refractivity contribution in [1.82, 2.24) is 9.80 Å². The van der Waals surface area contributed by atoms with Crippen LogP contribution in [0.4, 0.5) is 0 Å². The Morgan fingerprint density at radius 3 is 2.42 bits per heavy atom. The predicted molar refractivity (Wildman–Crippen MR) is 77.9 cm³/mol. The van der Waals surface area contributed by atoms with Gasteiger partial charge >= 0.3 is 0 Å². The summed E-state index contributed by atoms with van der Waals surface area (Å²) in [4.78, 5) is 17.0. The standard InChI is InChI=1S/C15H29N3O/c1-3-10-18-11-6-13(7-12-18)17(2)14(19)15(16)8-4-5-9-15/h13H,3-12,16H2,1-2H3.